The number of aliphatic hydroxyl groups is 1. The molecule has 0 saturated carbocycles. The van der Waals surface area contributed by atoms with Crippen LogP contribution in [0.25, 0.3) is 0 Å². The summed E-state index contributed by atoms with van der Waals surface area (Å²) in [5.41, 5.74) is 0.944. The molecule has 0 aliphatic carbocycles. The number of anilines is 1. The predicted octanol–water partition coefficient (Wildman–Crippen LogP) is 0.949. The minimum Gasteiger partial charge on any atom is -0.377 e. The summed E-state index contributed by atoms with van der Waals surface area (Å²) in [6.45, 7) is -0.00991. The smallest absolute Gasteiger partial charge is 0.231 e. The van der Waals surface area contributed by atoms with E-state index in [1.165, 1.54) is 0 Å². The predicted molar refractivity (Wildman–Crippen MR) is 45.6 cm³/mol. The fourth-order valence-corrected chi connectivity index (χ4v) is 0.647. The molecule has 0 aliphatic rings. The molecular formula is C8H10N2O2. The van der Waals surface area contributed by atoms with Gasteiger partial charge >= 0.3 is 0 Å². The SMILES string of the molecule is N=C=O.OCNc1ccccc1. The summed E-state index contributed by atoms with van der Waals surface area (Å²) in [4.78, 5) is 8.35. The van der Waals surface area contributed by atoms with Crippen molar-refractivity contribution in [3.05, 3.63) is 30.3 Å². The van der Waals surface area contributed by atoms with Gasteiger partial charge in [-0.25, -0.2) is 10.2 Å². The van der Waals surface area contributed by atoms with Crippen LogP contribution < -0.4 is 5.32 Å². The molecule has 0 heterocycles. The maximum Gasteiger partial charge on any atom is 0.231 e. The van der Waals surface area contributed by atoms with Crippen LogP contribution in [0.1, 0.15) is 0 Å². The number of para-hydroxylation sites is 1. The lowest BCUT2D eigenvalue weighted by atomic mass is 10.3. The van der Waals surface area contributed by atoms with Gasteiger partial charge in [-0.05, 0) is 12.1 Å². The molecule has 0 radical (unpaired) electrons. The molecule has 4 nitrogen and oxygen atoms in total. The second-order valence-corrected chi connectivity index (χ2v) is 1.80. The Balaban J connectivity index is 0.000000354. The largest absolute Gasteiger partial charge is 0.377 e. The van der Waals surface area contributed by atoms with Crippen molar-refractivity contribution in [2.24, 2.45) is 0 Å². The number of carbonyl (C=O) groups excluding carboxylic acids is 1. The molecule has 0 unspecified atom stereocenters. The quantitative estimate of drug-likeness (QED) is 0.348. The molecule has 0 spiro atoms. The zero-order valence-corrected chi connectivity index (χ0v) is 6.45. The van der Waals surface area contributed by atoms with Gasteiger partial charge < -0.3 is 10.4 Å². The van der Waals surface area contributed by atoms with Gasteiger partial charge in [-0.2, -0.15) is 0 Å². The molecule has 0 atom stereocenters. The van der Waals surface area contributed by atoms with Crippen LogP contribution >= 0.6 is 0 Å². The lowest BCUT2D eigenvalue weighted by molar-refractivity contribution is 0.325. The van der Waals surface area contributed by atoms with Crippen LogP contribution in [0.15, 0.2) is 30.3 Å². The van der Waals surface area contributed by atoms with Gasteiger partial charge in [0.1, 0.15) is 6.73 Å². The molecule has 12 heavy (non-hydrogen) atoms. The molecular weight excluding hydrogens is 156 g/mol. The fourth-order valence-electron chi connectivity index (χ4n) is 0.647. The van der Waals surface area contributed by atoms with E-state index in [0.29, 0.717) is 0 Å². The van der Waals surface area contributed by atoms with E-state index in [9.17, 15) is 0 Å². The minimum atomic E-state index is -0.00991. The van der Waals surface area contributed by atoms with Crippen molar-refractivity contribution in [1.82, 2.24) is 0 Å². The second kappa shape index (κ2) is 7.47. The molecule has 1 aromatic carbocycles. The average molecular weight is 166 g/mol. The van der Waals surface area contributed by atoms with Gasteiger partial charge in [0.25, 0.3) is 0 Å². The van der Waals surface area contributed by atoms with Crippen LogP contribution in [-0.2, 0) is 4.79 Å². The zero-order valence-electron chi connectivity index (χ0n) is 6.45. The van der Waals surface area contributed by atoms with E-state index < -0.39 is 0 Å². The summed E-state index contributed by atoms with van der Waals surface area (Å²) in [7, 11) is 0. The van der Waals surface area contributed by atoms with Crippen molar-refractivity contribution in [3.63, 3.8) is 0 Å². The highest BCUT2D eigenvalue weighted by Crippen LogP contribution is 2.02. The third-order valence-corrected chi connectivity index (χ3v) is 1.06. The van der Waals surface area contributed by atoms with Crippen LogP contribution in [0.3, 0.4) is 0 Å². The first-order valence-corrected chi connectivity index (χ1v) is 3.28. The molecule has 0 aromatic heterocycles. The lowest BCUT2D eigenvalue weighted by Gasteiger charge is -1.98. The van der Waals surface area contributed by atoms with Crippen molar-refractivity contribution >= 4 is 11.8 Å². The first-order valence-electron chi connectivity index (χ1n) is 3.28. The van der Waals surface area contributed by atoms with Crippen LogP contribution in [-0.4, -0.2) is 17.9 Å². The van der Waals surface area contributed by atoms with Gasteiger partial charge in [0.05, 0.1) is 0 Å². The highest BCUT2D eigenvalue weighted by molar-refractivity contribution is 5.41. The van der Waals surface area contributed by atoms with E-state index in [-0.39, 0.29) is 6.73 Å². The summed E-state index contributed by atoms with van der Waals surface area (Å²) in [5, 5.41) is 16.6. The van der Waals surface area contributed by atoms with Crippen molar-refractivity contribution in [2.75, 3.05) is 12.0 Å². The first kappa shape index (κ1) is 10.4. The number of isocyanates is 1. The van der Waals surface area contributed by atoms with E-state index in [1.807, 2.05) is 30.3 Å². The van der Waals surface area contributed by atoms with E-state index in [1.54, 1.807) is 0 Å². The normalized spacial score (nSPS) is 7.42. The average Bonchev–Trinajstić information content (AvgIpc) is 2.08. The van der Waals surface area contributed by atoms with E-state index >= 15 is 0 Å². The lowest BCUT2D eigenvalue weighted by Crippen LogP contribution is -1.97. The molecule has 0 bridgehead atoms. The van der Waals surface area contributed by atoms with Crippen molar-refractivity contribution in [1.29, 1.82) is 5.41 Å². The summed E-state index contributed by atoms with van der Waals surface area (Å²) >= 11 is 0. The maximum absolute atomic E-state index is 8.41. The molecule has 64 valence electrons. The van der Waals surface area contributed by atoms with Crippen LogP contribution in [0.4, 0.5) is 5.69 Å². The Morgan fingerprint density at radius 1 is 1.42 bits per heavy atom. The number of benzene rings is 1. The van der Waals surface area contributed by atoms with Crippen LogP contribution in [0, 0.1) is 5.41 Å². The molecule has 0 fully saturated rings. The first-order chi connectivity index (χ1) is 5.85. The zero-order chi connectivity index (χ0) is 9.23. The molecule has 1 aromatic rings. The van der Waals surface area contributed by atoms with Gasteiger partial charge in [-0.1, -0.05) is 18.2 Å². The van der Waals surface area contributed by atoms with Crippen molar-refractivity contribution < 1.29 is 9.90 Å². The monoisotopic (exact) mass is 166 g/mol. The molecule has 0 saturated heterocycles. The molecule has 1 rings (SSSR count). The molecule has 0 amide bonds. The maximum atomic E-state index is 8.41. The Bertz CT molecular complexity index is 230. The van der Waals surface area contributed by atoms with E-state index in [4.69, 9.17) is 15.3 Å². The molecule has 0 aliphatic heterocycles. The standard InChI is InChI=1S/C7H9NO.CHNO/c9-6-8-7-4-2-1-3-5-7;2-1-3/h1-5,8-9H,6H2;2H. The Labute approximate surface area is 70.4 Å². The fraction of sp³-hybridized carbons (Fsp3) is 0.125. The highest BCUT2D eigenvalue weighted by atomic mass is 16.3. The summed E-state index contributed by atoms with van der Waals surface area (Å²) < 4.78 is 0. The molecule has 3 N–H and O–H groups in total. The second-order valence-electron chi connectivity index (χ2n) is 1.80. The van der Waals surface area contributed by atoms with Gasteiger partial charge in [-0.3, -0.25) is 0 Å². The number of hydrogen-bond acceptors (Lipinski definition) is 4. The van der Waals surface area contributed by atoms with Crippen molar-refractivity contribution in [2.45, 2.75) is 0 Å². The van der Waals surface area contributed by atoms with E-state index in [0.717, 1.165) is 11.8 Å². The highest BCUT2D eigenvalue weighted by Gasteiger charge is 1.82. The Morgan fingerprint density at radius 2 is 1.92 bits per heavy atom. The minimum absolute atomic E-state index is 0.00991. The van der Waals surface area contributed by atoms with E-state index in [2.05, 4.69) is 5.32 Å². The summed E-state index contributed by atoms with van der Waals surface area (Å²) in [5.74, 6) is 0. The number of nitrogens with one attached hydrogen (secondary N) is 2. The number of aliphatic hydroxyl groups excluding tert-OH is 1. The summed E-state index contributed by atoms with van der Waals surface area (Å²) in [6.07, 6.45) is 0.750. The summed E-state index contributed by atoms with van der Waals surface area (Å²) in [6, 6.07) is 9.56. The Morgan fingerprint density at radius 3 is 2.33 bits per heavy atom. The third kappa shape index (κ3) is 5.17. The molecule has 4 heteroatoms. The van der Waals surface area contributed by atoms with Gasteiger partial charge in [-0.15, -0.1) is 0 Å². The topological polar surface area (TPSA) is 73.2 Å². The van der Waals surface area contributed by atoms with Gasteiger partial charge in [0.2, 0.25) is 6.08 Å². The van der Waals surface area contributed by atoms with Crippen LogP contribution in [0.2, 0.25) is 0 Å². The number of rotatable bonds is 2. The number of hydrogen-bond donors (Lipinski definition) is 3. The van der Waals surface area contributed by atoms with Gasteiger partial charge in [0.15, 0.2) is 0 Å². The van der Waals surface area contributed by atoms with Crippen LogP contribution in [0.5, 0.6) is 0 Å². The van der Waals surface area contributed by atoms with Gasteiger partial charge in [0, 0.05) is 5.69 Å². The Hall–Kier alpha value is -1.64. The third-order valence-electron chi connectivity index (χ3n) is 1.06. The van der Waals surface area contributed by atoms with Crippen molar-refractivity contribution in [3.8, 4) is 0 Å². The Kier molecular flexibility index (Phi) is 6.45.